The monoisotopic (exact) mass is 448 g/mol. The summed E-state index contributed by atoms with van der Waals surface area (Å²) in [5, 5.41) is 0. The Labute approximate surface area is 198 Å². The Kier molecular flexibility index (Phi) is 4.25. The molecule has 0 N–H and O–H groups in total. The van der Waals surface area contributed by atoms with E-state index in [-0.39, 0.29) is 20.3 Å². The summed E-state index contributed by atoms with van der Waals surface area (Å²) in [5.41, 5.74) is 1.76. The van der Waals surface area contributed by atoms with E-state index in [9.17, 15) is 0 Å². The zero-order valence-electron chi connectivity index (χ0n) is 21.4. The van der Waals surface area contributed by atoms with Gasteiger partial charge in [-0.15, -0.1) is 0 Å². The molecule has 2 spiro atoms. The van der Waals surface area contributed by atoms with Crippen molar-refractivity contribution in [2.75, 3.05) is 0 Å². The highest BCUT2D eigenvalue weighted by molar-refractivity contribution is 7.82. The van der Waals surface area contributed by atoms with Gasteiger partial charge in [0.2, 0.25) is 0 Å². The zero-order chi connectivity index (χ0) is 22.5. The van der Waals surface area contributed by atoms with Crippen LogP contribution < -0.4 is 0 Å². The molecule has 0 heterocycles. The van der Waals surface area contributed by atoms with Crippen molar-refractivity contribution in [3.05, 3.63) is 0 Å². The van der Waals surface area contributed by atoms with Crippen LogP contribution in [0, 0.1) is 62.6 Å². The third-order valence-corrected chi connectivity index (χ3v) is 13.3. The summed E-state index contributed by atoms with van der Waals surface area (Å²) in [4.78, 5) is 0. The number of thiol groups is 2. The topological polar surface area (TPSA) is 0 Å². The molecule has 0 aromatic heterocycles. The van der Waals surface area contributed by atoms with Crippen molar-refractivity contribution in [2.45, 2.75) is 111 Å². The first-order valence-electron chi connectivity index (χ1n) is 13.0. The average Bonchev–Trinajstić information content (AvgIpc) is 3.42. The largest absolute Gasteiger partial charge is 0.172 e. The van der Waals surface area contributed by atoms with E-state index in [2.05, 4.69) is 69.2 Å². The van der Waals surface area contributed by atoms with E-state index < -0.39 is 0 Å². The summed E-state index contributed by atoms with van der Waals surface area (Å²) in [5.74, 6) is 4.69. The second-order valence-electron chi connectivity index (χ2n) is 15.0. The number of fused-ring (bicyclic) bond motifs is 1. The molecule has 0 bridgehead atoms. The third-order valence-electron chi connectivity index (χ3n) is 12.0. The first-order chi connectivity index (χ1) is 13.5. The van der Waals surface area contributed by atoms with Gasteiger partial charge < -0.3 is 0 Å². The van der Waals surface area contributed by atoms with Crippen LogP contribution in [0.25, 0.3) is 0 Å². The SMILES string of the molecule is CCC12C3C(C)CC4CCCC5(C4C315)C(C)(S)C(C(C)(C)C)C(C(C)(C)C)C2(C)S. The van der Waals surface area contributed by atoms with Gasteiger partial charge in [0.05, 0.1) is 0 Å². The maximum absolute atomic E-state index is 5.86. The predicted molar refractivity (Wildman–Crippen MR) is 136 cm³/mol. The Bertz CT molecular complexity index is 720. The molecule has 0 radical (unpaired) electrons. The van der Waals surface area contributed by atoms with Crippen molar-refractivity contribution >= 4 is 25.3 Å². The Balaban J connectivity index is 1.86. The molecule has 5 fully saturated rings. The molecule has 0 nitrogen and oxygen atoms in total. The van der Waals surface area contributed by atoms with Crippen LogP contribution in [0.15, 0.2) is 0 Å². The Morgan fingerprint density at radius 1 is 0.867 bits per heavy atom. The molecule has 11 atom stereocenters. The van der Waals surface area contributed by atoms with Crippen LogP contribution in [0.2, 0.25) is 0 Å². The van der Waals surface area contributed by atoms with Gasteiger partial charge in [-0.25, -0.2) is 0 Å². The van der Waals surface area contributed by atoms with Gasteiger partial charge in [-0.05, 0) is 95.7 Å². The molecule has 5 aliphatic carbocycles. The first-order valence-corrected chi connectivity index (χ1v) is 13.9. The lowest BCUT2D eigenvalue weighted by Gasteiger charge is -2.59. The van der Waals surface area contributed by atoms with Crippen LogP contribution in [0.3, 0.4) is 0 Å². The van der Waals surface area contributed by atoms with Crippen LogP contribution in [-0.4, -0.2) is 9.49 Å². The molecule has 0 saturated heterocycles. The molecular formula is C28H48S2. The molecule has 0 aromatic rings. The van der Waals surface area contributed by atoms with Crippen LogP contribution >= 0.6 is 25.3 Å². The lowest BCUT2D eigenvalue weighted by Crippen LogP contribution is -2.58. The lowest BCUT2D eigenvalue weighted by molar-refractivity contribution is -0.0164. The van der Waals surface area contributed by atoms with E-state index in [1.165, 1.54) is 32.1 Å². The van der Waals surface area contributed by atoms with Gasteiger partial charge >= 0.3 is 0 Å². The van der Waals surface area contributed by atoms with Crippen LogP contribution in [-0.2, 0) is 0 Å². The summed E-state index contributed by atoms with van der Waals surface area (Å²) in [6, 6.07) is 0. The maximum Gasteiger partial charge on any atom is 0.0203 e. The van der Waals surface area contributed by atoms with Gasteiger partial charge in [-0.3, -0.25) is 0 Å². The van der Waals surface area contributed by atoms with Gasteiger partial charge in [0, 0.05) is 9.49 Å². The van der Waals surface area contributed by atoms with Crippen molar-refractivity contribution in [3.63, 3.8) is 0 Å². The first kappa shape index (κ1) is 22.5. The molecule has 30 heavy (non-hydrogen) atoms. The van der Waals surface area contributed by atoms with E-state index in [1.54, 1.807) is 0 Å². The molecule has 5 aliphatic rings. The van der Waals surface area contributed by atoms with Gasteiger partial charge in [-0.1, -0.05) is 68.2 Å². The van der Waals surface area contributed by atoms with Gasteiger partial charge in [0.25, 0.3) is 0 Å². The normalized spacial score (nSPS) is 61.6. The minimum absolute atomic E-state index is 0.0383. The van der Waals surface area contributed by atoms with Gasteiger partial charge in [0.1, 0.15) is 0 Å². The molecule has 172 valence electrons. The smallest absolute Gasteiger partial charge is 0.0203 e. The fourth-order valence-electron chi connectivity index (χ4n) is 12.6. The summed E-state index contributed by atoms with van der Waals surface area (Å²) in [6.45, 7) is 25.3. The fourth-order valence-corrected chi connectivity index (χ4v) is 14.5. The average molecular weight is 449 g/mol. The second kappa shape index (κ2) is 5.67. The van der Waals surface area contributed by atoms with Crippen LogP contribution in [0.1, 0.15) is 101 Å². The van der Waals surface area contributed by atoms with E-state index in [0.29, 0.717) is 28.1 Å². The van der Waals surface area contributed by atoms with Gasteiger partial charge in [0.15, 0.2) is 0 Å². The minimum atomic E-state index is 0.0383. The second-order valence-corrected chi connectivity index (χ2v) is 16.8. The van der Waals surface area contributed by atoms with Crippen LogP contribution in [0.4, 0.5) is 0 Å². The molecule has 0 aromatic carbocycles. The van der Waals surface area contributed by atoms with Crippen LogP contribution in [0.5, 0.6) is 0 Å². The quantitative estimate of drug-likeness (QED) is 0.371. The van der Waals surface area contributed by atoms with Crippen molar-refractivity contribution in [1.29, 1.82) is 0 Å². The standard InChI is InChI=1S/C28H48S2/c1-11-26-18-16(2)15-17-13-12-14-27(19(17)28(18,26)27)25(10,30)21(23(6,7)8)20(22(3,4)5)24(26,9)29/h16-21,29-30H,11-15H2,1-10H3. The van der Waals surface area contributed by atoms with Crippen molar-refractivity contribution in [1.82, 2.24) is 0 Å². The zero-order valence-corrected chi connectivity index (χ0v) is 23.2. The predicted octanol–water partition coefficient (Wildman–Crippen LogP) is 8.17. The lowest BCUT2D eigenvalue weighted by atomic mass is 9.52. The molecular weight excluding hydrogens is 400 g/mol. The summed E-state index contributed by atoms with van der Waals surface area (Å²) in [6.07, 6.45) is 7.10. The molecule has 2 heteroatoms. The van der Waals surface area contributed by atoms with Crippen molar-refractivity contribution in [3.8, 4) is 0 Å². The number of rotatable bonds is 1. The maximum atomic E-state index is 5.86. The summed E-state index contributed by atoms with van der Waals surface area (Å²) in [7, 11) is 0. The summed E-state index contributed by atoms with van der Waals surface area (Å²) >= 11 is 11.7. The number of hydrogen-bond donors (Lipinski definition) is 2. The molecule has 5 saturated carbocycles. The minimum Gasteiger partial charge on any atom is -0.172 e. The van der Waals surface area contributed by atoms with E-state index in [0.717, 1.165) is 23.7 Å². The highest BCUT2D eigenvalue weighted by Crippen LogP contribution is 3.07. The molecule has 0 aliphatic heterocycles. The van der Waals surface area contributed by atoms with E-state index in [4.69, 9.17) is 25.3 Å². The molecule has 11 unspecified atom stereocenters. The Morgan fingerprint density at radius 3 is 1.90 bits per heavy atom. The van der Waals surface area contributed by atoms with Gasteiger partial charge in [-0.2, -0.15) is 25.3 Å². The molecule has 0 amide bonds. The highest BCUT2D eigenvalue weighted by atomic mass is 32.1. The Morgan fingerprint density at radius 2 is 1.40 bits per heavy atom. The van der Waals surface area contributed by atoms with Crippen molar-refractivity contribution in [2.24, 2.45) is 62.6 Å². The summed E-state index contributed by atoms with van der Waals surface area (Å²) < 4.78 is 0.100. The highest BCUT2D eigenvalue weighted by Gasteiger charge is 3.05. The van der Waals surface area contributed by atoms with E-state index >= 15 is 0 Å². The van der Waals surface area contributed by atoms with E-state index in [1.807, 2.05) is 0 Å². The number of hydrogen-bond acceptors (Lipinski definition) is 2. The molecule has 5 rings (SSSR count). The third kappa shape index (κ3) is 1.93. The Hall–Kier alpha value is 0.700. The van der Waals surface area contributed by atoms with Crippen molar-refractivity contribution < 1.29 is 0 Å². The fraction of sp³-hybridized carbons (Fsp3) is 1.00.